The number of amides is 2. The van der Waals surface area contributed by atoms with Crippen molar-refractivity contribution >= 4 is 28.8 Å². The van der Waals surface area contributed by atoms with Crippen LogP contribution in [-0.4, -0.2) is 42.4 Å². The molecule has 0 aliphatic carbocycles. The smallest absolute Gasteiger partial charge is 0.251 e. The maximum absolute atomic E-state index is 12.7. The third-order valence-corrected chi connectivity index (χ3v) is 6.50. The molecule has 2 heterocycles. The molecule has 0 unspecified atom stereocenters. The summed E-state index contributed by atoms with van der Waals surface area (Å²) in [6.07, 6.45) is 6.67. The third-order valence-electron chi connectivity index (χ3n) is 5.57. The number of piperidine rings is 1. The Bertz CT molecular complexity index is 799. The van der Waals surface area contributed by atoms with E-state index in [1.165, 1.54) is 17.7 Å². The van der Waals surface area contributed by atoms with Gasteiger partial charge in [-0.2, -0.15) is 0 Å². The zero-order chi connectivity index (χ0) is 21.2. The first kappa shape index (κ1) is 22.5. The Kier molecular flexibility index (Phi) is 8.90. The van der Waals surface area contributed by atoms with E-state index >= 15 is 0 Å². The van der Waals surface area contributed by atoms with Gasteiger partial charge in [0.05, 0.1) is 0 Å². The lowest BCUT2D eigenvalue weighted by molar-refractivity contribution is -0.116. The summed E-state index contributed by atoms with van der Waals surface area (Å²) in [6, 6.07) is 11.6. The number of hydrogen-bond donors (Lipinski definition) is 2. The van der Waals surface area contributed by atoms with E-state index in [2.05, 4.69) is 33.9 Å². The van der Waals surface area contributed by atoms with E-state index in [0.717, 1.165) is 45.3 Å². The largest absolute Gasteiger partial charge is 0.349 e. The summed E-state index contributed by atoms with van der Waals surface area (Å²) < 4.78 is 0. The van der Waals surface area contributed by atoms with Crippen molar-refractivity contribution in [1.29, 1.82) is 0 Å². The number of thiophene rings is 1. The molecular weight excluding hydrogens is 394 g/mol. The average molecular weight is 428 g/mol. The molecule has 1 aromatic heterocycles. The van der Waals surface area contributed by atoms with E-state index in [1.807, 2.05) is 18.2 Å². The van der Waals surface area contributed by atoms with Crippen molar-refractivity contribution < 1.29 is 9.59 Å². The second-order valence-electron chi connectivity index (χ2n) is 8.00. The Morgan fingerprint density at radius 3 is 2.70 bits per heavy atom. The maximum atomic E-state index is 12.7. The standard InChI is InChI=1S/C24H33N3O2S/c1-2-3-14-27-15-12-20(13-16-27)26-24(29)19-7-4-8-21(18-19)25-23(28)11-5-9-22-10-6-17-30-22/h4,6-8,10,17-18,20H,2-3,5,9,11-16H2,1H3,(H,25,28)(H,26,29). The lowest BCUT2D eigenvalue weighted by Gasteiger charge is -2.32. The second-order valence-corrected chi connectivity index (χ2v) is 9.04. The number of aryl methyl sites for hydroxylation is 1. The van der Waals surface area contributed by atoms with Crippen LogP contribution < -0.4 is 10.6 Å². The van der Waals surface area contributed by atoms with Crippen LogP contribution in [-0.2, 0) is 11.2 Å². The Morgan fingerprint density at radius 1 is 1.13 bits per heavy atom. The Balaban J connectivity index is 1.42. The van der Waals surface area contributed by atoms with Gasteiger partial charge in [-0.3, -0.25) is 9.59 Å². The molecule has 2 aromatic rings. The summed E-state index contributed by atoms with van der Waals surface area (Å²) in [5.41, 5.74) is 1.28. The molecule has 0 bridgehead atoms. The van der Waals surface area contributed by atoms with Crippen LogP contribution >= 0.6 is 11.3 Å². The molecule has 2 N–H and O–H groups in total. The summed E-state index contributed by atoms with van der Waals surface area (Å²) >= 11 is 1.72. The zero-order valence-corrected chi connectivity index (χ0v) is 18.7. The predicted molar refractivity (Wildman–Crippen MR) is 124 cm³/mol. The summed E-state index contributed by atoms with van der Waals surface area (Å²) in [5.74, 6) is -0.0700. The normalized spacial score (nSPS) is 15.1. The fraction of sp³-hybridized carbons (Fsp3) is 0.500. The van der Waals surface area contributed by atoms with Crippen molar-refractivity contribution in [3.63, 3.8) is 0 Å². The fourth-order valence-electron chi connectivity index (χ4n) is 3.79. The molecule has 0 spiro atoms. The van der Waals surface area contributed by atoms with E-state index in [1.54, 1.807) is 23.5 Å². The number of unbranched alkanes of at least 4 members (excludes halogenated alkanes) is 1. The lowest BCUT2D eigenvalue weighted by atomic mass is 10.0. The van der Waals surface area contributed by atoms with Crippen LogP contribution in [0.1, 0.15) is 60.7 Å². The van der Waals surface area contributed by atoms with Crippen LogP contribution in [0.2, 0.25) is 0 Å². The highest BCUT2D eigenvalue weighted by molar-refractivity contribution is 7.09. The number of carbonyl (C=O) groups excluding carboxylic acids is 2. The lowest BCUT2D eigenvalue weighted by Crippen LogP contribution is -2.44. The molecule has 30 heavy (non-hydrogen) atoms. The van der Waals surface area contributed by atoms with Gasteiger partial charge in [-0.15, -0.1) is 11.3 Å². The minimum Gasteiger partial charge on any atom is -0.349 e. The van der Waals surface area contributed by atoms with E-state index < -0.39 is 0 Å². The average Bonchev–Trinajstić information content (AvgIpc) is 3.27. The van der Waals surface area contributed by atoms with E-state index in [9.17, 15) is 9.59 Å². The molecule has 1 saturated heterocycles. The summed E-state index contributed by atoms with van der Waals surface area (Å²) in [4.78, 5) is 28.7. The topological polar surface area (TPSA) is 61.4 Å². The van der Waals surface area contributed by atoms with Gasteiger partial charge in [0, 0.05) is 41.7 Å². The van der Waals surface area contributed by atoms with Gasteiger partial charge in [-0.25, -0.2) is 0 Å². The highest BCUT2D eigenvalue weighted by Crippen LogP contribution is 2.16. The van der Waals surface area contributed by atoms with E-state index in [4.69, 9.17) is 0 Å². The predicted octanol–water partition coefficient (Wildman–Crippen LogP) is 4.70. The molecule has 0 radical (unpaired) electrons. The van der Waals surface area contributed by atoms with Gasteiger partial charge in [-0.1, -0.05) is 25.5 Å². The molecule has 1 fully saturated rings. The van der Waals surface area contributed by atoms with Crippen molar-refractivity contribution in [1.82, 2.24) is 10.2 Å². The van der Waals surface area contributed by atoms with Crippen molar-refractivity contribution in [2.45, 2.75) is 57.9 Å². The molecule has 1 aromatic carbocycles. The van der Waals surface area contributed by atoms with Crippen molar-refractivity contribution in [2.75, 3.05) is 25.0 Å². The number of carbonyl (C=O) groups is 2. The Hall–Kier alpha value is -2.18. The number of rotatable bonds is 10. The number of hydrogen-bond acceptors (Lipinski definition) is 4. The number of nitrogens with one attached hydrogen (secondary N) is 2. The highest BCUT2D eigenvalue weighted by atomic mass is 32.1. The molecular formula is C24H33N3O2S. The first-order valence-corrected chi connectivity index (χ1v) is 12.0. The molecule has 3 rings (SSSR count). The van der Waals surface area contributed by atoms with Gasteiger partial charge in [0.15, 0.2) is 0 Å². The highest BCUT2D eigenvalue weighted by Gasteiger charge is 2.21. The zero-order valence-electron chi connectivity index (χ0n) is 17.9. The van der Waals surface area contributed by atoms with Gasteiger partial charge in [0.1, 0.15) is 0 Å². The van der Waals surface area contributed by atoms with Gasteiger partial charge < -0.3 is 15.5 Å². The SMILES string of the molecule is CCCCN1CCC(NC(=O)c2cccc(NC(=O)CCCc3cccs3)c2)CC1. The molecule has 1 aliphatic rings. The molecule has 2 amide bonds. The Labute approximate surface area is 183 Å². The molecule has 6 heteroatoms. The maximum Gasteiger partial charge on any atom is 0.251 e. The second kappa shape index (κ2) is 11.9. The van der Waals surface area contributed by atoms with Crippen molar-refractivity contribution in [3.8, 4) is 0 Å². The summed E-state index contributed by atoms with van der Waals surface area (Å²) in [7, 11) is 0. The van der Waals surface area contributed by atoms with Crippen LogP contribution in [0.25, 0.3) is 0 Å². The van der Waals surface area contributed by atoms with E-state index in [0.29, 0.717) is 17.7 Å². The molecule has 162 valence electrons. The monoisotopic (exact) mass is 427 g/mol. The Morgan fingerprint density at radius 2 is 1.97 bits per heavy atom. The van der Waals surface area contributed by atoms with E-state index in [-0.39, 0.29) is 17.9 Å². The van der Waals surface area contributed by atoms with Crippen LogP contribution in [0.15, 0.2) is 41.8 Å². The van der Waals surface area contributed by atoms with Crippen molar-refractivity contribution in [3.05, 3.63) is 52.2 Å². The van der Waals surface area contributed by atoms with Crippen molar-refractivity contribution in [2.24, 2.45) is 0 Å². The number of likely N-dealkylation sites (tertiary alicyclic amines) is 1. The third kappa shape index (κ3) is 7.26. The van der Waals surface area contributed by atoms with Crippen LogP contribution in [0.5, 0.6) is 0 Å². The number of anilines is 1. The molecule has 0 atom stereocenters. The molecule has 1 aliphatic heterocycles. The first-order chi connectivity index (χ1) is 14.6. The molecule has 5 nitrogen and oxygen atoms in total. The minimum absolute atomic E-state index is 0.0106. The number of benzene rings is 1. The minimum atomic E-state index is -0.0594. The summed E-state index contributed by atoms with van der Waals surface area (Å²) in [5, 5.41) is 8.15. The summed E-state index contributed by atoms with van der Waals surface area (Å²) in [6.45, 7) is 5.47. The van der Waals surface area contributed by atoms with Gasteiger partial charge >= 0.3 is 0 Å². The van der Waals surface area contributed by atoms with Gasteiger partial charge in [-0.05, 0) is 68.3 Å². The van der Waals surface area contributed by atoms with Crippen LogP contribution in [0, 0.1) is 0 Å². The van der Waals surface area contributed by atoms with Crippen LogP contribution in [0.3, 0.4) is 0 Å². The van der Waals surface area contributed by atoms with Crippen LogP contribution in [0.4, 0.5) is 5.69 Å². The fourth-order valence-corrected chi connectivity index (χ4v) is 4.54. The first-order valence-electron chi connectivity index (χ1n) is 11.1. The molecule has 0 saturated carbocycles. The van der Waals surface area contributed by atoms with Gasteiger partial charge in [0.2, 0.25) is 5.91 Å². The number of nitrogens with zero attached hydrogens (tertiary/aromatic N) is 1. The van der Waals surface area contributed by atoms with Gasteiger partial charge in [0.25, 0.3) is 5.91 Å². The quantitative estimate of drug-likeness (QED) is 0.578.